The first-order valence-corrected chi connectivity index (χ1v) is 20.4. The van der Waals surface area contributed by atoms with E-state index < -0.39 is 49.3 Å². The van der Waals surface area contributed by atoms with Gasteiger partial charge in [0.15, 0.2) is 23.3 Å². The van der Waals surface area contributed by atoms with Crippen molar-refractivity contribution < 1.29 is 26.7 Å². The van der Waals surface area contributed by atoms with Crippen LogP contribution in [0, 0.1) is 29.1 Å². The molecule has 8 heteroatoms. The summed E-state index contributed by atoms with van der Waals surface area (Å²) in [6.07, 6.45) is 8.83. The van der Waals surface area contributed by atoms with Crippen molar-refractivity contribution in [3.63, 3.8) is 0 Å². The second kappa shape index (κ2) is 13.3. The molecule has 5 aromatic rings. The summed E-state index contributed by atoms with van der Waals surface area (Å²) in [7, 11) is -2.43. The minimum atomic E-state index is -2.43. The van der Waals surface area contributed by atoms with Gasteiger partial charge in [-0.3, -0.25) is 0 Å². The molecule has 2 aliphatic rings. The van der Waals surface area contributed by atoms with Crippen LogP contribution < -0.4 is 0 Å². The molecule has 50 heavy (non-hydrogen) atoms. The van der Waals surface area contributed by atoms with Crippen LogP contribution in [0.2, 0.25) is 12.6 Å². The van der Waals surface area contributed by atoms with Crippen LogP contribution in [0.1, 0.15) is 85.4 Å². The lowest BCUT2D eigenvalue weighted by atomic mass is 10.1. The average Bonchev–Trinajstić information content (AvgIpc) is 3.78. The fourth-order valence-corrected chi connectivity index (χ4v) is 13.9. The number of rotatable bonds is 11. The molecule has 1 aromatic heterocycles. The zero-order chi connectivity index (χ0) is 35.4. The van der Waals surface area contributed by atoms with Gasteiger partial charge in [0.05, 0.1) is 25.9 Å². The van der Waals surface area contributed by atoms with Gasteiger partial charge in [-0.1, -0.05) is 111 Å². The summed E-state index contributed by atoms with van der Waals surface area (Å²) in [5.74, 6) is -9.60. The van der Waals surface area contributed by atoms with E-state index in [2.05, 4.69) is 69.8 Å². The minimum absolute atomic E-state index is 0.0289. The normalized spacial score (nSPS) is 17.6. The third-order valence-corrected chi connectivity index (χ3v) is 16.0. The summed E-state index contributed by atoms with van der Waals surface area (Å²) in [4.78, 5) is 0. The fraction of sp³-hybridized carbons (Fsp3) is 0.333. The predicted molar refractivity (Wildman–Crippen MR) is 193 cm³/mol. The maximum atomic E-state index is 15.2. The molecule has 0 saturated heterocycles. The molecule has 0 bridgehead atoms. The van der Waals surface area contributed by atoms with Crippen molar-refractivity contribution in [2.45, 2.75) is 82.3 Å². The molecule has 0 amide bonds. The molecule has 0 spiro atoms. The van der Waals surface area contributed by atoms with Crippen molar-refractivity contribution >= 4 is 25.1 Å². The number of aromatic nitrogens is 1. The Morgan fingerprint density at radius 1 is 0.720 bits per heavy atom. The highest BCUT2D eigenvalue weighted by atomic mass is 28.3. The smallest absolute Gasteiger partial charge is 0.200 e. The number of nitrogens with zero attached hydrogens (tertiary/aromatic N) is 1. The molecule has 2 aliphatic carbocycles. The first-order valence-electron chi connectivity index (χ1n) is 17.5. The van der Waals surface area contributed by atoms with Crippen LogP contribution in [0.25, 0.3) is 28.2 Å². The van der Waals surface area contributed by atoms with E-state index in [4.69, 9.17) is 4.74 Å². The van der Waals surface area contributed by atoms with Gasteiger partial charge in [-0.25, -0.2) is 22.0 Å². The zero-order valence-electron chi connectivity index (χ0n) is 28.9. The van der Waals surface area contributed by atoms with Gasteiger partial charge in [-0.2, -0.15) is 0 Å². The first-order chi connectivity index (χ1) is 23.9. The number of halogens is 5. The molecule has 2 nitrogen and oxygen atoms in total. The molecule has 7 rings (SSSR count). The molecule has 0 saturated carbocycles. The second-order valence-electron chi connectivity index (χ2n) is 15.0. The van der Waals surface area contributed by atoms with E-state index in [0.717, 1.165) is 60.5 Å². The lowest BCUT2D eigenvalue weighted by Crippen LogP contribution is -2.44. The van der Waals surface area contributed by atoms with Crippen molar-refractivity contribution in [2.75, 3.05) is 6.61 Å². The highest BCUT2D eigenvalue weighted by molar-refractivity contribution is 6.83. The second-order valence-corrected chi connectivity index (χ2v) is 19.7. The molecule has 260 valence electrons. The van der Waals surface area contributed by atoms with Crippen LogP contribution in [0.3, 0.4) is 0 Å². The summed E-state index contributed by atoms with van der Waals surface area (Å²) in [5.41, 5.74) is 6.53. The van der Waals surface area contributed by atoms with Gasteiger partial charge in [0, 0.05) is 34.2 Å². The van der Waals surface area contributed by atoms with E-state index >= 15 is 8.78 Å². The quantitative estimate of drug-likeness (QED) is 0.0440. The number of benzene rings is 4. The summed E-state index contributed by atoms with van der Waals surface area (Å²) >= 11 is 0. The molecule has 0 radical (unpaired) electrons. The predicted octanol–water partition coefficient (Wildman–Crippen LogP) is 11.8. The number of hydrogen-bond donors (Lipinski definition) is 0. The lowest BCUT2D eigenvalue weighted by Gasteiger charge is -2.40. The Hall–Kier alpha value is -4.01. The van der Waals surface area contributed by atoms with Gasteiger partial charge >= 0.3 is 0 Å². The van der Waals surface area contributed by atoms with Crippen LogP contribution >= 0.6 is 0 Å². The number of hydrogen-bond acceptors (Lipinski definition) is 1. The molecule has 0 aliphatic heterocycles. The molecular weight excluding hydrogens is 658 g/mol. The SMILES string of the molecule is CC(C)(C)OCCCCCC[Si](C)(C1C=Cc2ccccc21)C1c2ccccc2-c2c1c1ccccc1n2Cc1c(F)c(F)c(F)c(F)c1F. The van der Waals surface area contributed by atoms with Gasteiger partial charge < -0.3 is 9.30 Å². The largest absolute Gasteiger partial charge is 0.376 e. The number of allylic oxidation sites excluding steroid dienone is 1. The number of fused-ring (bicyclic) bond motifs is 6. The maximum absolute atomic E-state index is 15.2. The van der Waals surface area contributed by atoms with Crippen molar-refractivity contribution in [1.29, 1.82) is 0 Å². The van der Waals surface area contributed by atoms with Crippen molar-refractivity contribution in [2.24, 2.45) is 0 Å². The topological polar surface area (TPSA) is 14.2 Å². The highest BCUT2D eigenvalue weighted by Crippen LogP contribution is 2.58. The standard InChI is InChI=1S/C42H42F5NOSi/c1-42(2,3)49-23-13-5-6-14-24-50(4,33-22-21-26-15-7-8-16-27(26)33)41-29-18-10-9-17-28(29)40-34(41)30-19-11-12-20-32(30)48(40)25-31-35(43)37(45)39(47)38(46)36(31)44/h7-12,15-22,33,41H,5-6,13-14,23-25H2,1-4H3. The zero-order valence-corrected chi connectivity index (χ0v) is 29.9. The molecule has 1 heterocycles. The van der Waals surface area contributed by atoms with E-state index in [9.17, 15) is 13.2 Å². The Balaban J connectivity index is 1.35. The van der Waals surface area contributed by atoms with Crippen molar-refractivity contribution in [3.05, 3.63) is 136 Å². The van der Waals surface area contributed by atoms with E-state index in [-0.39, 0.29) is 16.7 Å². The van der Waals surface area contributed by atoms with E-state index in [1.165, 1.54) is 16.7 Å². The third-order valence-electron chi connectivity index (χ3n) is 10.8. The monoisotopic (exact) mass is 699 g/mol. The van der Waals surface area contributed by atoms with Gasteiger partial charge in [0.1, 0.15) is 0 Å². The Bertz CT molecular complexity index is 2080. The summed E-state index contributed by atoms with van der Waals surface area (Å²) in [5, 5.41) is 0.945. The molecule has 3 atom stereocenters. The van der Waals surface area contributed by atoms with Crippen LogP contribution in [0.15, 0.2) is 78.9 Å². The number of para-hydroxylation sites is 1. The number of ether oxygens (including phenoxy) is 1. The molecule has 0 N–H and O–H groups in total. The molecule has 3 unspecified atom stereocenters. The molecule has 0 fully saturated rings. The van der Waals surface area contributed by atoms with Gasteiger partial charge in [0.2, 0.25) is 5.82 Å². The summed E-state index contributed by atoms with van der Waals surface area (Å²) < 4.78 is 81.2. The Morgan fingerprint density at radius 2 is 1.34 bits per heavy atom. The van der Waals surface area contributed by atoms with E-state index in [1.54, 1.807) is 4.57 Å². The molecular formula is C42H42F5NOSi. The van der Waals surface area contributed by atoms with Gasteiger partial charge in [-0.15, -0.1) is 0 Å². The van der Waals surface area contributed by atoms with E-state index in [1.807, 2.05) is 42.5 Å². The Morgan fingerprint density at radius 3 is 2.08 bits per heavy atom. The fourth-order valence-electron chi connectivity index (χ4n) is 8.47. The van der Waals surface area contributed by atoms with Gasteiger partial charge in [0.25, 0.3) is 0 Å². The van der Waals surface area contributed by atoms with Crippen LogP contribution in [0.5, 0.6) is 0 Å². The minimum Gasteiger partial charge on any atom is -0.376 e. The maximum Gasteiger partial charge on any atom is 0.200 e. The van der Waals surface area contributed by atoms with E-state index in [0.29, 0.717) is 5.52 Å². The third kappa shape index (κ3) is 5.84. The first kappa shape index (κ1) is 34.4. The summed E-state index contributed by atoms with van der Waals surface area (Å²) in [6.45, 7) is 8.96. The van der Waals surface area contributed by atoms with Crippen LogP contribution in [0.4, 0.5) is 22.0 Å². The van der Waals surface area contributed by atoms with Crippen molar-refractivity contribution in [3.8, 4) is 11.3 Å². The Kier molecular flexibility index (Phi) is 9.14. The Labute approximate surface area is 291 Å². The summed E-state index contributed by atoms with van der Waals surface area (Å²) in [6, 6.07) is 25.5. The van der Waals surface area contributed by atoms with Crippen LogP contribution in [-0.4, -0.2) is 24.8 Å². The van der Waals surface area contributed by atoms with Crippen molar-refractivity contribution in [1.82, 2.24) is 4.57 Å². The lowest BCUT2D eigenvalue weighted by molar-refractivity contribution is -0.00471. The number of unbranched alkanes of at least 4 members (excludes halogenated alkanes) is 3. The highest BCUT2D eigenvalue weighted by Gasteiger charge is 2.51. The van der Waals surface area contributed by atoms with Gasteiger partial charge in [-0.05, 0) is 61.1 Å². The average molecular weight is 700 g/mol. The van der Waals surface area contributed by atoms with Crippen LogP contribution in [-0.2, 0) is 11.3 Å². The molecule has 4 aromatic carbocycles.